The van der Waals surface area contributed by atoms with Gasteiger partial charge in [-0.1, -0.05) is 25.5 Å². The average molecular weight is 276 g/mol. The molecular formula is C16H24N2O2. The average Bonchev–Trinajstić information content (AvgIpc) is 2.47. The summed E-state index contributed by atoms with van der Waals surface area (Å²) in [7, 11) is 0. The first-order chi connectivity index (χ1) is 9.53. The number of ether oxygens (including phenoxy) is 1. The summed E-state index contributed by atoms with van der Waals surface area (Å²) < 4.78 is 5.40. The fraction of sp³-hybridized carbons (Fsp3) is 0.562. The summed E-state index contributed by atoms with van der Waals surface area (Å²) in [6, 6.07) is 9.69. The fourth-order valence-electron chi connectivity index (χ4n) is 2.01. The van der Waals surface area contributed by atoms with E-state index in [1.54, 1.807) is 6.92 Å². The van der Waals surface area contributed by atoms with Gasteiger partial charge in [0.05, 0.1) is 6.61 Å². The van der Waals surface area contributed by atoms with E-state index in [-0.39, 0.29) is 12.1 Å². The Morgan fingerprint density at radius 2 is 2.05 bits per heavy atom. The van der Waals surface area contributed by atoms with Gasteiger partial charge in [0.2, 0.25) is 0 Å². The highest BCUT2D eigenvalue weighted by Gasteiger charge is 2.20. The number of hydrogen-bond acceptors (Lipinski definition) is 4. The van der Waals surface area contributed by atoms with Crippen molar-refractivity contribution in [1.82, 2.24) is 5.32 Å². The lowest BCUT2D eigenvalue weighted by Gasteiger charge is -2.28. The topological polar surface area (TPSA) is 65.3 Å². The molecule has 1 aromatic rings. The van der Waals surface area contributed by atoms with Crippen LogP contribution in [0.2, 0.25) is 0 Å². The van der Waals surface area contributed by atoms with Gasteiger partial charge < -0.3 is 15.2 Å². The summed E-state index contributed by atoms with van der Waals surface area (Å²) in [6.07, 6.45) is 1.52. The van der Waals surface area contributed by atoms with Crippen molar-refractivity contribution in [2.75, 3.05) is 6.61 Å². The number of aliphatic hydroxyl groups excluding tert-OH is 1. The SMILES string of the molecule is CCCC(C)(CO)NCc1ccc(OC(C)C#N)cc1. The summed E-state index contributed by atoms with van der Waals surface area (Å²) in [6.45, 7) is 6.68. The van der Waals surface area contributed by atoms with E-state index in [4.69, 9.17) is 10.00 Å². The van der Waals surface area contributed by atoms with Gasteiger partial charge in [0, 0.05) is 12.1 Å². The van der Waals surface area contributed by atoms with Crippen LogP contribution in [0, 0.1) is 11.3 Å². The van der Waals surface area contributed by atoms with Gasteiger partial charge in [-0.05, 0) is 38.0 Å². The van der Waals surface area contributed by atoms with E-state index in [1.807, 2.05) is 37.3 Å². The summed E-state index contributed by atoms with van der Waals surface area (Å²) in [5, 5.41) is 21.5. The van der Waals surface area contributed by atoms with Crippen molar-refractivity contribution < 1.29 is 9.84 Å². The molecule has 2 N–H and O–H groups in total. The Bertz CT molecular complexity index is 439. The van der Waals surface area contributed by atoms with Gasteiger partial charge in [-0.3, -0.25) is 0 Å². The van der Waals surface area contributed by atoms with E-state index in [1.165, 1.54) is 0 Å². The zero-order chi connectivity index (χ0) is 15.0. The number of nitrogens with zero attached hydrogens (tertiary/aromatic N) is 1. The molecule has 0 saturated carbocycles. The van der Waals surface area contributed by atoms with Crippen molar-refractivity contribution in [3.63, 3.8) is 0 Å². The van der Waals surface area contributed by atoms with E-state index in [9.17, 15) is 5.11 Å². The lowest BCUT2D eigenvalue weighted by Crippen LogP contribution is -2.45. The Hall–Kier alpha value is -1.57. The third-order valence-corrected chi connectivity index (χ3v) is 3.29. The molecule has 1 aromatic carbocycles. The first-order valence-electron chi connectivity index (χ1n) is 7.04. The Kier molecular flexibility index (Phi) is 6.50. The Morgan fingerprint density at radius 3 is 2.55 bits per heavy atom. The van der Waals surface area contributed by atoms with Gasteiger partial charge in [0.1, 0.15) is 11.8 Å². The molecule has 0 saturated heterocycles. The van der Waals surface area contributed by atoms with Gasteiger partial charge in [-0.15, -0.1) is 0 Å². The van der Waals surface area contributed by atoms with Crippen LogP contribution in [0.4, 0.5) is 0 Å². The normalized spacial score (nSPS) is 15.2. The zero-order valence-electron chi connectivity index (χ0n) is 12.5. The number of benzene rings is 1. The lowest BCUT2D eigenvalue weighted by atomic mass is 9.97. The third kappa shape index (κ3) is 5.20. The molecule has 1 rings (SSSR count). The minimum absolute atomic E-state index is 0.127. The van der Waals surface area contributed by atoms with Gasteiger partial charge in [-0.2, -0.15) is 5.26 Å². The second-order valence-electron chi connectivity index (χ2n) is 5.36. The maximum absolute atomic E-state index is 9.45. The van der Waals surface area contributed by atoms with Crippen LogP contribution in [0.25, 0.3) is 0 Å². The number of nitriles is 1. The molecule has 2 unspecified atom stereocenters. The van der Waals surface area contributed by atoms with Crippen LogP contribution in [0.5, 0.6) is 5.75 Å². The smallest absolute Gasteiger partial charge is 0.181 e. The molecule has 0 aliphatic heterocycles. The minimum atomic E-state index is -0.443. The summed E-state index contributed by atoms with van der Waals surface area (Å²) in [5.74, 6) is 0.696. The number of rotatable bonds is 8. The predicted molar refractivity (Wildman–Crippen MR) is 79.4 cm³/mol. The van der Waals surface area contributed by atoms with Crippen LogP contribution in [0.3, 0.4) is 0 Å². The summed E-state index contributed by atoms with van der Waals surface area (Å²) >= 11 is 0. The molecule has 2 atom stereocenters. The Morgan fingerprint density at radius 1 is 1.40 bits per heavy atom. The van der Waals surface area contributed by atoms with Crippen molar-refractivity contribution >= 4 is 0 Å². The standard InChI is InChI=1S/C16H24N2O2/c1-4-9-16(3,12-19)18-11-14-5-7-15(8-6-14)20-13(2)10-17/h5-8,13,18-19H,4,9,11-12H2,1-3H3. The molecule has 0 spiro atoms. The molecule has 0 aliphatic carbocycles. The molecule has 0 heterocycles. The second-order valence-corrected chi connectivity index (χ2v) is 5.36. The monoisotopic (exact) mass is 276 g/mol. The van der Waals surface area contributed by atoms with Crippen molar-refractivity contribution in [2.24, 2.45) is 0 Å². The van der Waals surface area contributed by atoms with E-state index in [0.717, 1.165) is 18.4 Å². The molecular weight excluding hydrogens is 252 g/mol. The molecule has 20 heavy (non-hydrogen) atoms. The van der Waals surface area contributed by atoms with E-state index in [2.05, 4.69) is 12.2 Å². The van der Waals surface area contributed by atoms with Crippen molar-refractivity contribution in [3.8, 4) is 11.8 Å². The van der Waals surface area contributed by atoms with E-state index >= 15 is 0 Å². The van der Waals surface area contributed by atoms with Crippen LogP contribution >= 0.6 is 0 Å². The van der Waals surface area contributed by atoms with Crippen molar-refractivity contribution in [3.05, 3.63) is 29.8 Å². The molecule has 0 bridgehead atoms. The lowest BCUT2D eigenvalue weighted by molar-refractivity contribution is 0.163. The second kappa shape index (κ2) is 7.88. The predicted octanol–water partition coefficient (Wildman–Crippen LogP) is 2.62. The van der Waals surface area contributed by atoms with E-state index in [0.29, 0.717) is 12.3 Å². The molecule has 4 nitrogen and oxygen atoms in total. The number of nitrogens with one attached hydrogen (secondary N) is 1. The quantitative estimate of drug-likeness (QED) is 0.766. The van der Waals surface area contributed by atoms with Crippen molar-refractivity contribution in [2.45, 2.75) is 51.8 Å². The molecule has 0 radical (unpaired) electrons. The first kappa shape index (κ1) is 16.5. The largest absolute Gasteiger partial charge is 0.476 e. The highest BCUT2D eigenvalue weighted by atomic mass is 16.5. The van der Waals surface area contributed by atoms with Gasteiger partial charge in [0.15, 0.2) is 6.10 Å². The molecule has 0 amide bonds. The van der Waals surface area contributed by atoms with Crippen LogP contribution < -0.4 is 10.1 Å². The van der Waals surface area contributed by atoms with E-state index < -0.39 is 6.10 Å². The minimum Gasteiger partial charge on any atom is -0.476 e. The highest BCUT2D eigenvalue weighted by molar-refractivity contribution is 5.27. The molecule has 0 aliphatic rings. The highest BCUT2D eigenvalue weighted by Crippen LogP contribution is 2.16. The van der Waals surface area contributed by atoms with Gasteiger partial charge in [0.25, 0.3) is 0 Å². The number of hydrogen-bond donors (Lipinski definition) is 2. The maximum Gasteiger partial charge on any atom is 0.181 e. The van der Waals surface area contributed by atoms with Gasteiger partial charge >= 0.3 is 0 Å². The number of aliphatic hydroxyl groups is 1. The van der Waals surface area contributed by atoms with Crippen LogP contribution in [-0.2, 0) is 6.54 Å². The maximum atomic E-state index is 9.45. The molecule has 110 valence electrons. The van der Waals surface area contributed by atoms with Crippen molar-refractivity contribution in [1.29, 1.82) is 5.26 Å². The Balaban J connectivity index is 2.55. The van der Waals surface area contributed by atoms with Crippen LogP contribution in [-0.4, -0.2) is 23.4 Å². The molecule has 0 fully saturated rings. The molecule has 4 heteroatoms. The first-order valence-corrected chi connectivity index (χ1v) is 7.04. The summed E-state index contributed by atoms with van der Waals surface area (Å²) in [5.41, 5.74) is 0.886. The third-order valence-electron chi connectivity index (χ3n) is 3.29. The fourth-order valence-corrected chi connectivity index (χ4v) is 2.01. The van der Waals surface area contributed by atoms with Crippen LogP contribution in [0.1, 0.15) is 39.2 Å². The molecule has 0 aromatic heterocycles. The van der Waals surface area contributed by atoms with Gasteiger partial charge in [-0.25, -0.2) is 0 Å². The summed E-state index contributed by atoms with van der Waals surface area (Å²) in [4.78, 5) is 0. The van der Waals surface area contributed by atoms with Crippen LogP contribution in [0.15, 0.2) is 24.3 Å². The Labute approximate surface area is 121 Å². The zero-order valence-corrected chi connectivity index (χ0v) is 12.5.